The van der Waals surface area contributed by atoms with Gasteiger partial charge in [-0.25, -0.2) is 4.79 Å². The molecule has 0 aliphatic carbocycles. The van der Waals surface area contributed by atoms with Gasteiger partial charge >= 0.3 is 5.97 Å². The first-order chi connectivity index (χ1) is 13.5. The smallest absolute Gasteiger partial charge is 0.340 e. The van der Waals surface area contributed by atoms with E-state index in [4.69, 9.17) is 19.0 Å². The number of hydroxylamine groups is 1. The summed E-state index contributed by atoms with van der Waals surface area (Å²) in [7, 11) is 5.46. The zero-order chi connectivity index (χ0) is 20.7. The van der Waals surface area contributed by atoms with Crippen molar-refractivity contribution in [3.8, 4) is 11.8 Å². The molecule has 0 aliphatic rings. The SMILES string of the molecule is C=C(NOC)c1cccc(N(C=O)c2nc(OC)cc(OC)n2)c1C(=O)OC. The highest BCUT2D eigenvalue weighted by molar-refractivity contribution is 6.04. The number of ether oxygens (including phenoxy) is 3. The molecule has 10 heteroatoms. The average Bonchev–Trinajstić information content (AvgIpc) is 2.73. The molecule has 2 rings (SSSR count). The number of nitrogens with zero attached hydrogens (tertiary/aromatic N) is 3. The second-order valence-corrected chi connectivity index (χ2v) is 5.20. The van der Waals surface area contributed by atoms with Gasteiger partial charge in [0, 0.05) is 5.56 Å². The van der Waals surface area contributed by atoms with Crippen molar-refractivity contribution in [1.29, 1.82) is 0 Å². The minimum atomic E-state index is -0.689. The lowest BCUT2D eigenvalue weighted by molar-refractivity contribution is -0.106. The van der Waals surface area contributed by atoms with Crippen LogP contribution in [0.15, 0.2) is 30.8 Å². The molecular formula is C18H20N4O6. The zero-order valence-electron chi connectivity index (χ0n) is 15.9. The molecule has 28 heavy (non-hydrogen) atoms. The van der Waals surface area contributed by atoms with Crippen molar-refractivity contribution < 1.29 is 28.6 Å². The topological polar surface area (TPSA) is 112 Å². The van der Waals surface area contributed by atoms with Crippen molar-refractivity contribution in [2.45, 2.75) is 0 Å². The van der Waals surface area contributed by atoms with Gasteiger partial charge in [0.05, 0.1) is 51.5 Å². The summed E-state index contributed by atoms with van der Waals surface area (Å²) < 4.78 is 15.1. The monoisotopic (exact) mass is 388 g/mol. The Morgan fingerprint density at radius 1 is 1.14 bits per heavy atom. The number of hydrogen-bond acceptors (Lipinski definition) is 9. The van der Waals surface area contributed by atoms with E-state index in [0.29, 0.717) is 17.7 Å². The third kappa shape index (κ3) is 4.18. The maximum absolute atomic E-state index is 12.5. The van der Waals surface area contributed by atoms with E-state index in [1.807, 2.05) is 0 Å². The highest BCUT2D eigenvalue weighted by Gasteiger charge is 2.25. The van der Waals surface area contributed by atoms with Crippen LogP contribution in [0.4, 0.5) is 11.6 Å². The van der Waals surface area contributed by atoms with Gasteiger partial charge in [-0.15, -0.1) is 0 Å². The molecule has 1 amide bonds. The highest BCUT2D eigenvalue weighted by atomic mass is 16.6. The molecule has 0 atom stereocenters. The molecule has 148 valence electrons. The molecule has 0 aliphatic heterocycles. The Bertz CT molecular complexity index is 864. The number of hydrogen-bond donors (Lipinski definition) is 1. The predicted molar refractivity (Wildman–Crippen MR) is 100 cm³/mol. The first-order valence-electron chi connectivity index (χ1n) is 7.91. The van der Waals surface area contributed by atoms with Crippen molar-refractivity contribution in [3.63, 3.8) is 0 Å². The fourth-order valence-electron chi connectivity index (χ4n) is 2.41. The lowest BCUT2D eigenvalue weighted by Gasteiger charge is -2.21. The second-order valence-electron chi connectivity index (χ2n) is 5.20. The Morgan fingerprint density at radius 2 is 1.79 bits per heavy atom. The van der Waals surface area contributed by atoms with E-state index in [2.05, 4.69) is 22.0 Å². The Morgan fingerprint density at radius 3 is 2.29 bits per heavy atom. The van der Waals surface area contributed by atoms with Crippen LogP contribution in [0.25, 0.3) is 5.70 Å². The number of anilines is 2. The van der Waals surface area contributed by atoms with Crippen LogP contribution in [0, 0.1) is 0 Å². The van der Waals surface area contributed by atoms with Crippen LogP contribution in [0.5, 0.6) is 11.8 Å². The summed E-state index contributed by atoms with van der Waals surface area (Å²) in [5.74, 6) is -0.393. The third-order valence-electron chi connectivity index (χ3n) is 3.65. The summed E-state index contributed by atoms with van der Waals surface area (Å²) in [6.45, 7) is 3.82. The van der Waals surface area contributed by atoms with Crippen LogP contribution in [0.3, 0.4) is 0 Å². The molecule has 2 aromatic rings. The van der Waals surface area contributed by atoms with Gasteiger partial charge in [0.15, 0.2) is 0 Å². The molecule has 1 N–H and O–H groups in total. The number of benzene rings is 1. The van der Waals surface area contributed by atoms with E-state index < -0.39 is 5.97 Å². The molecule has 10 nitrogen and oxygen atoms in total. The van der Waals surface area contributed by atoms with Gasteiger partial charge in [-0.1, -0.05) is 18.7 Å². The van der Waals surface area contributed by atoms with Crippen molar-refractivity contribution in [2.24, 2.45) is 0 Å². The fraction of sp³-hybridized carbons (Fsp3) is 0.222. The number of carbonyl (C=O) groups is 2. The summed E-state index contributed by atoms with van der Waals surface area (Å²) in [4.78, 5) is 38.6. The van der Waals surface area contributed by atoms with Crippen LogP contribution in [0.2, 0.25) is 0 Å². The summed E-state index contributed by atoms with van der Waals surface area (Å²) in [5, 5.41) is 0. The maximum Gasteiger partial charge on any atom is 0.340 e. The van der Waals surface area contributed by atoms with E-state index >= 15 is 0 Å². The van der Waals surface area contributed by atoms with Crippen molar-refractivity contribution in [2.75, 3.05) is 33.3 Å². The van der Waals surface area contributed by atoms with Gasteiger partial charge in [0.2, 0.25) is 24.1 Å². The first kappa shape index (κ1) is 20.6. The van der Waals surface area contributed by atoms with Gasteiger partial charge in [-0.05, 0) is 6.07 Å². The number of nitrogens with one attached hydrogen (secondary N) is 1. The van der Waals surface area contributed by atoms with Crippen molar-refractivity contribution >= 4 is 29.7 Å². The Labute approximate surface area is 161 Å². The molecule has 1 heterocycles. The minimum Gasteiger partial charge on any atom is -0.481 e. The van der Waals surface area contributed by atoms with Crippen LogP contribution in [0.1, 0.15) is 15.9 Å². The van der Waals surface area contributed by atoms with E-state index in [-0.39, 0.29) is 29.0 Å². The lowest BCUT2D eigenvalue weighted by atomic mass is 10.0. The molecule has 0 spiro atoms. The largest absolute Gasteiger partial charge is 0.481 e. The second kappa shape index (κ2) is 9.33. The predicted octanol–water partition coefficient (Wildman–Crippen LogP) is 1.70. The molecule has 0 fully saturated rings. The standard InChI is InChI=1S/C18H20N4O6/c1-11(21-28-5)12-7-6-8-13(16(12)17(24)27-4)22(10-23)18-19-14(25-2)9-15(20-18)26-3/h6-10,21H,1H2,2-5H3. The highest BCUT2D eigenvalue weighted by Crippen LogP contribution is 2.32. The van der Waals surface area contributed by atoms with Gasteiger partial charge < -0.3 is 14.2 Å². The van der Waals surface area contributed by atoms with Crippen molar-refractivity contribution in [3.05, 3.63) is 42.0 Å². The summed E-state index contributed by atoms with van der Waals surface area (Å²) in [6.07, 6.45) is 0.465. The zero-order valence-corrected chi connectivity index (χ0v) is 15.9. The third-order valence-corrected chi connectivity index (χ3v) is 3.65. The van der Waals surface area contributed by atoms with E-state index in [9.17, 15) is 9.59 Å². The summed E-state index contributed by atoms with van der Waals surface area (Å²) in [6, 6.07) is 6.25. The van der Waals surface area contributed by atoms with E-state index in [1.165, 1.54) is 34.5 Å². The van der Waals surface area contributed by atoms with E-state index in [0.717, 1.165) is 4.90 Å². The van der Waals surface area contributed by atoms with Crippen molar-refractivity contribution in [1.82, 2.24) is 15.4 Å². The molecule has 1 aromatic heterocycles. The molecule has 0 saturated carbocycles. The molecular weight excluding hydrogens is 368 g/mol. The molecule has 0 saturated heterocycles. The van der Waals surface area contributed by atoms with Crippen LogP contribution in [-0.4, -0.2) is 50.8 Å². The number of carbonyl (C=O) groups excluding carboxylic acids is 2. The minimum absolute atomic E-state index is 0.0567. The summed E-state index contributed by atoms with van der Waals surface area (Å²) in [5.41, 5.74) is 3.46. The molecule has 1 aromatic carbocycles. The van der Waals surface area contributed by atoms with Gasteiger partial charge in [-0.2, -0.15) is 9.97 Å². The van der Waals surface area contributed by atoms with Crippen LogP contribution >= 0.6 is 0 Å². The number of aromatic nitrogens is 2. The molecule has 0 bridgehead atoms. The first-order valence-corrected chi connectivity index (χ1v) is 7.91. The normalized spacial score (nSPS) is 10.0. The quantitative estimate of drug-likeness (QED) is 0.389. The molecule has 0 radical (unpaired) electrons. The number of amides is 1. The number of methoxy groups -OCH3 is 3. The Hall–Kier alpha value is -3.66. The number of esters is 1. The average molecular weight is 388 g/mol. The van der Waals surface area contributed by atoms with Crippen LogP contribution in [-0.2, 0) is 14.4 Å². The number of rotatable bonds is 9. The summed E-state index contributed by atoms with van der Waals surface area (Å²) >= 11 is 0. The van der Waals surface area contributed by atoms with Gasteiger partial charge in [0.25, 0.3) is 0 Å². The Kier molecular flexibility index (Phi) is 6.88. The van der Waals surface area contributed by atoms with Crippen LogP contribution < -0.4 is 19.9 Å². The molecule has 0 unspecified atom stereocenters. The van der Waals surface area contributed by atoms with Gasteiger partial charge in [-0.3, -0.25) is 20.0 Å². The fourth-order valence-corrected chi connectivity index (χ4v) is 2.41. The van der Waals surface area contributed by atoms with E-state index in [1.54, 1.807) is 18.2 Å². The maximum atomic E-state index is 12.5. The lowest BCUT2D eigenvalue weighted by Crippen LogP contribution is -2.23. The Balaban J connectivity index is 2.70. The van der Waals surface area contributed by atoms with Gasteiger partial charge in [0.1, 0.15) is 0 Å².